The van der Waals surface area contributed by atoms with Crippen LogP contribution in [0.2, 0.25) is 0 Å². The summed E-state index contributed by atoms with van der Waals surface area (Å²) in [4.78, 5) is 4.12. The van der Waals surface area contributed by atoms with Crippen molar-refractivity contribution < 1.29 is 13.2 Å². The number of rotatable bonds is 3. The monoisotopic (exact) mass is 306 g/mol. The number of alkyl halides is 3. The van der Waals surface area contributed by atoms with Gasteiger partial charge in [0.05, 0.1) is 5.56 Å². The first-order valence-corrected chi connectivity index (χ1v) is 7.32. The molecule has 2 heterocycles. The molecule has 1 fully saturated rings. The lowest BCUT2D eigenvalue weighted by Crippen LogP contribution is -2.15. The molecule has 0 spiro atoms. The van der Waals surface area contributed by atoms with E-state index in [1.807, 2.05) is 18.2 Å². The number of pyridine rings is 1. The highest BCUT2D eigenvalue weighted by molar-refractivity contribution is 5.24. The molecule has 116 valence electrons. The highest BCUT2D eigenvalue weighted by atomic mass is 19.4. The lowest BCUT2D eigenvalue weighted by Gasteiger charge is -2.19. The molecular weight excluding hydrogens is 289 g/mol. The zero-order valence-electron chi connectivity index (χ0n) is 12.0. The second kappa shape index (κ2) is 6.08. The van der Waals surface area contributed by atoms with Crippen LogP contribution in [0.15, 0.2) is 48.7 Å². The predicted octanol–water partition coefficient (Wildman–Crippen LogP) is 3.65. The Bertz CT molecular complexity index is 625. The molecule has 1 saturated heterocycles. The van der Waals surface area contributed by atoms with Crippen molar-refractivity contribution in [3.63, 3.8) is 0 Å². The fourth-order valence-electron chi connectivity index (χ4n) is 3.07. The summed E-state index contributed by atoms with van der Waals surface area (Å²) in [6.07, 6.45) is -2.51. The molecule has 2 atom stereocenters. The molecule has 1 N–H and O–H groups in total. The van der Waals surface area contributed by atoms with E-state index in [2.05, 4.69) is 22.4 Å². The van der Waals surface area contributed by atoms with Crippen LogP contribution in [0.3, 0.4) is 0 Å². The first-order valence-electron chi connectivity index (χ1n) is 7.32. The standard InChI is InChI=1S/C17H17F3N2/c18-17(19,20)14-6-7-22-15(9-14)8-13-10-21-11-16(13)12-4-2-1-3-5-12/h1-7,9,13,16,21H,8,10-11H2/t13-,16-/m1/s1. The summed E-state index contributed by atoms with van der Waals surface area (Å²) in [7, 11) is 0. The van der Waals surface area contributed by atoms with Crippen LogP contribution >= 0.6 is 0 Å². The quantitative estimate of drug-likeness (QED) is 0.936. The smallest absolute Gasteiger partial charge is 0.316 e. The van der Waals surface area contributed by atoms with Crippen molar-refractivity contribution in [2.24, 2.45) is 5.92 Å². The van der Waals surface area contributed by atoms with Crippen LogP contribution in [0.4, 0.5) is 13.2 Å². The maximum absolute atomic E-state index is 12.8. The van der Waals surface area contributed by atoms with Gasteiger partial charge in [0.15, 0.2) is 0 Å². The van der Waals surface area contributed by atoms with Crippen molar-refractivity contribution in [2.75, 3.05) is 13.1 Å². The Labute approximate surface area is 127 Å². The maximum Gasteiger partial charge on any atom is 0.416 e. The van der Waals surface area contributed by atoms with Gasteiger partial charge in [-0.25, -0.2) is 0 Å². The van der Waals surface area contributed by atoms with E-state index in [9.17, 15) is 13.2 Å². The second-order valence-corrected chi connectivity index (χ2v) is 5.67. The summed E-state index contributed by atoms with van der Waals surface area (Å²) in [5.74, 6) is 0.580. The minimum atomic E-state index is -4.32. The summed E-state index contributed by atoms with van der Waals surface area (Å²) in [6, 6.07) is 12.3. The van der Waals surface area contributed by atoms with E-state index in [1.54, 1.807) is 0 Å². The van der Waals surface area contributed by atoms with Crippen LogP contribution in [0, 0.1) is 5.92 Å². The fraction of sp³-hybridized carbons (Fsp3) is 0.353. The number of nitrogens with zero attached hydrogens (tertiary/aromatic N) is 1. The molecule has 3 rings (SSSR count). The normalized spacial score (nSPS) is 22.0. The van der Waals surface area contributed by atoms with E-state index in [0.717, 1.165) is 19.2 Å². The summed E-state index contributed by atoms with van der Waals surface area (Å²) in [5, 5.41) is 3.34. The summed E-state index contributed by atoms with van der Waals surface area (Å²) in [6.45, 7) is 1.66. The third kappa shape index (κ3) is 3.30. The maximum atomic E-state index is 12.8. The first-order chi connectivity index (χ1) is 10.5. The van der Waals surface area contributed by atoms with Gasteiger partial charge in [0.25, 0.3) is 0 Å². The summed E-state index contributed by atoms with van der Waals surface area (Å²) < 4.78 is 38.3. The average molecular weight is 306 g/mol. The Morgan fingerprint density at radius 1 is 1.09 bits per heavy atom. The van der Waals surface area contributed by atoms with Gasteiger partial charge in [0.2, 0.25) is 0 Å². The minimum Gasteiger partial charge on any atom is -0.316 e. The highest BCUT2D eigenvalue weighted by Gasteiger charge is 2.32. The van der Waals surface area contributed by atoms with E-state index in [0.29, 0.717) is 18.0 Å². The number of hydrogen-bond acceptors (Lipinski definition) is 2. The topological polar surface area (TPSA) is 24.9 Å². The fourth-order valence-corrected chi connectivity index (χ4v) is 3.07. The van der Waals surface area contributed by atoms with E-state index in [1.165, 1.54) is 17.8 Å². The van der Waals surface area contributed by atoms with E-state index < -0.39 is 11.7 Å². The first kappa shape index (κ1) is 15.0. The van der Waals surface area contributed by atoms with Crippen molar-refractivity contribution in [3.05, 3.63) is 65.5 Å². The largest absolute Gasteiger partial charge is 0.416 e. The molecule has 1 aliphatic heterocycles. The van der Waals surface area contributed by atoms with E-state index in [4.69, 9.17) is 0 Å². The van der Waals surface area contributed by atoms with Crippen LogP contribution in [0.25, 0.3) is 0 Å². The van der Waals surface area contributed by atoms with Crippen LogP contribution in [0.5, 0.6) is 0 Å². The second-order valence-electron chi connectivity index (χ2n) is 5.67. The van der Waals surface area contributed by atoms with Gasteiger partial charge in [-0.05, 0) is 36.6 Å². The van der Waals surface area contributed by atoms with Crippen LogP contribution in [-0.4, -0.2) is 18.1 Å². The molecule has 1 aliphatic rings. The third-order valence-electron chi connectivity index (χ3n) is 4.18. The molecule has 0 bridgehead atoms. The molecule has 0 radical (unpaired) electrons. The molecule has 5 heteroatoms. The van der Waals surface area contributed by atoms with Crippen molar-refractivity contribution >= 4 is 0 Å². The Morgan fingerprint density at radius 2 is 1.86 bits per heavy atom. The van der Waals surface area contributed by atoms with Gasteiger partial charge in [-0.1, -0.05) is 30.3 Å². The Kier molecular flexibility index (Phi) is 4.16. The number of hydrogen-bond donors (Lipinski definition) is 1. The number of halogens is 3. The molecule has 0 saturated carbocycles. The number of nitrogens with one attached hydrogen (secondary N) is 1. The van der Waals surface area contributed by atoms with Gasteiger partial charge in [0, 0.05) is 24.4 Å². The molecule has 2 aromatic rings. The van der Waals surface area contributed by atoms with Crippen molar-refractivity contribution in [1.29, 1.82) is 0 Å². The van der Waals surface area contributed by atoms with Gasteiger partial charge < -0.3 is 5.32 Å². The zero-order valence-corrected chi connectivity index (χ0v) is 12.0. The third-order valence-corrected chi connectivity index (χ3v) is 4.18. The lowest BCUT2D eigenvalue weighted by atomic mass is 9.86. The lowest BCUT2D eigenvalue weighted by molar-refractivity contribution is -0.137. The van der Waals surface area contributed by atoms with Crippen LogP contribution in [-0.2, 0) is 12.6 Å². The van der Waals surface area contributed by atoms with Crippen LogP contribution < -0.4 is 5.32 Å². The molecule has 0 aliphatic carbocycles. The van der Waals surface area contributed by atoms with Crippen molar-refractivity contribution in [1.82, 2.24) is 10.3 Å². The van der Waals surface area contributed by atoms with Gasteiger partial charge in [0.1, 0.15) is 0 Å². The zero-order chi connectivity index (χ0) is 15.6. The Balaban J connectivity index is 1.78. The molecule has 0 amide bonds. The van der Waals surface area contributed by atoms with Crippen LogP contribution in [0.1, 0.15) is 22.7 Å². The summed E-state index contributed by atoms with van der Waals surface area (Å²) in [5.41, 5.74) is 1.11. The number of aromatic nitrogens is 1. The molecule has 22 heavy (non-hydrogen) atoms. The van der Waals surface area contributed by atoms with Gasteiger partial charge in [-0.3, -0.25) is 4.98 Å². The Morgan fingerprint density at radius 3 is 2.59 bits per heavy atom. The highest BCUT2D eigenvalue weighted by Crippen LogP contribution is 2.32. The summed E-state index contributed by atoms with van der Waals surface area (Å²) >= 11 is 0. The van der Waals surface area contributed by atoms with E-state index >= 15 is 0 Å². The molecule has 1 aromatic heterocycles. The SMILES string of the molecule is FC(F)(F)c1ccnc(C[C@@H]2CNC[C@@H]2c2ccccc2)c1. The molecular formula is C17H17F3N2. The predicted molar refractivity (Wildman–Crippen MR) is 78.5 cm³/mol. The van der Waals surface area contributed by atoms with E-state index in [-0.39, 0.29) is 5.92 Å². The minimum absolute atomic E-state index is 0.262. The molecule has 2 nitrogen and oxygen atoms in total. The molecule has 0 unspecified atom stereocenters. The van der Waals surface area contributed by atoms with Gasteiger partial charge in [-0.15, -0.1) is 0 Å². The van der Waals surface area contributed by atoms with Crippen molar-refractivity contribution in [2.45, 2.75) is 18.5 Å². The van der Waals surface area contributed by atoms with Gasteiger partial charge in [-0.2, -0.15) is 13.2 Å². The number of benzene rings is 1. The average Bonchev–Trinajstić information content (AvgIpc) is 2.96. The van der Waals surface area contributed by atoms with Crippen molar-refractivity contribution in [3.8, 4) is 0 Å². The molecule has 1 aromatic carbocycles. The Hall–Kier alpha value is -1.88. The van der Waals surface area contributed by atoms with Gasteiger partial charge >= 0.3 is 6.18 Å².